The number of carbonyl (C=O) groups is 1. The number of likely N-dealkylation sites (tertiary alicyclic amines) is 2. The van der Waals surface area contributed by atoms with Gasteiger partial charge in [0.1, 0.15) is 0 Å². The average Bonchev–Trinajstić information content (AvgIpc) is 2.93. The molecular weight excluding hydrogens is 264 g/mol. The van der Waals surface area contributed by atoms with Gasteiger partial charge in [-0.2, -0.15) is 0 Å². The first-order valence-electron chi connectivity index (χ1n) is 8.51. The summed E-state index contributed by atoms with van der Waals surface area (Å²) < 4.78 is 0. The Balaban J connectivity index is 1.59. The van der Waals surface area contributed by atoms with Gasteiger partial charge in [0.25, 0.3) is 0 Å². The molecule has 2 saturated heterocycles. The first-order chi connectivity index (χ1) is 9.97. The lowest BCUT2D eigenvalue weighted by Gasteiger charge is -2.34. The first-order valence-corrected chi connectivity index (χ1v) is 8.51. The summed E-state index contributed by atoms with van der Waals surface area (Å²) >= 11 is 0. The van der Waals surface area contributed by atoms with Gasteiger partial charge in [0, 0.05) is 6.54 Å². The molecule has 0 aliphatic carbocycles. The maximum absolute atomic E-state index is 11.2. The highest BCUT2D eigenvalue weighted by Gasteiger charge is 2.26. The molecule has 0 radical (unpaired) electrons. The molecule has 2 aliphatic heterocycles. The van der Waals surface area contributed by atoms with E-state index < -0.39 is 11.4 Å². The van der Waals surface area contributed by atoms with Crippen LogP contribution in [0.5, 0.6) is 0 Å². The van der Waals surface area contributed by atoms with Crippen LogP contribution in [0.25, 0.3) is 0 Å². The second-order valence-electron chi connectivity index (χ2n) is 7.18. The number of primary amides is 1. The number of hydrogen-bond acceptors (Lipinski definition) is 4. The van der Waals surface area contributed by atoms with E-state index in [-0.39, 0.29) is 0 Å². The van der Waals surface area contributed by atoms with Crippen LogP contribution in [0, 0.1) is 5.92 Å². The normalized spacial score (nSPS) is 25.0. The fourth-order valence-electron chi connectivity index (χ4n) is 3.52. The Morgan fingerprint density at radius 2 is 1.76 bits per heavy atom. The smallest absolute Gasteiger partial charge is 0.237 e. The van der Waals surface area contributed by atoms with Crippen LogP contribution >= 0.6 is 0 Å². The molecule has 0 saturated carbocycles. The maximum Gasteiger partial charge on any atom is 0.237 e. The molecule has 21 heavy (non-hydrogen) atoms. The zero-order valence-electron chi connectivity index (χ0n) is 13.5. The second kappa shape index (κ2) is 7.56. The highest BCUT2D eigenvalue weighted by atomic mass is 16.1. The molecule has 1 amide bonds. The van der Waals surface area contributed by atoms with Crippen LogP contribution in [-0.2, 0) is 4.79 Å². The van der Waals surface area contributed by atoms with Crippen molar-refractivity contribution in [1.29, 1.82) is 0 Å². The lowest BCUT2D eigenvalue weighted by Crippen LogP contribution is -2.49. The minimum Gasteiger partial charge on any atom is -0.368 e. The van der Waals surface area contributed by atoms with Gasteiger partial charge in [0.05, 0.1) is 5.54 Å². The van der Waals surface area contributed by atoms with E-state index in [2.05, 4.69) is 9.80 Å². The van der Waals surface area contributed by atoms with Crippen LogP contribution in [0.4, 0.5) is 0 Å². The third-order valence-electron chi connectivity index (χ3n) is 5.16. The molecule has 0 spiro atoms. The molecule has 1 atom stereocenters. The summed E-state index contributed by atoms with van der Waals surface area (Å²) in [6, 6.07) is 0. The molecule has 2 rings (SSSR count). The summed E-state index contributed by atoms with van der Waals surface area (Å²) in [5.41, 5.74) is 10.3. The van der Waals surface area contributed by atoms with E-state index in [9.17, 15) is 4.79 Å². The lowest BCUT2D eigenvalue weighted by atomic mass is 9.94. The summed E-state index contributed by atoms with van der Waals surface area (Å²) in [5, 5.41) is 0. The van der Waals surface area contributed by atoms with E-state index in [1.54, 1.807) is 6.92 Å². The van der Waals surface area contributed by atoms with Gasteiger partial charge < -0.3 is 21.3 Å². The fraction of sp³-hybridized carbons (Fsp3) is 0.938. The molecule has 5 nitrogen and oxygen atoms in total. The summed E-state index contributed by atoms with van der Waals surface area (Å²) in [5.74, 6) is 0.483. The van der Waals surface area contributed by atoms with Crippen molar-refractivity contribution in [2.24, 2.45) is 17.4 Å². The topological polar surface area (TPSA) is 75.6 Å². The molecule has 0 aromatic carbocycles. The van der Waals surface area contributed by atoms with Crippen molar-refractivity contribution < 1.29 is 4.79 Å². The molecular formula is C16H32N4O. The molecule has 122 valence electrons. The summed E-state index contributed by atoms with van der Waals surface area (Å²) in [7, 11) is 0. The predicted octanol–water partition coefficient (Wildman–Crippen LogP) is 0.777. The molecule has 0 aromatic rings. The summed E-state index contributed by atoms with van der Waals surface area (Å²) in [6.45, 7) is 9.07. The Morgan fingerprint density at radius 1 is 1.14 bits per heavy atom. The molecule has 4 N–H and O–H groups in total. The van der Waals surface area contributed by atoms with Gasteiger partial charge in [-0.1, -0.05) is 0 Å². The number of hydrogen-bond donors (Lipinski definition) is 2. The van der Waals surface area contributed by atoms with Crippen molar-refractivity contribution in [3.63, 3.8) is 0 Å². The molecule has 5 heteroatoms. The lowest BCUT2D eigenvalue weighted by molar-refractivity contribution is -0.122. The van der Waals surface area contributed by atoms with Gasteiger partial charge >= 0.3 is 0 Å². The minimum absolute atomic E-state index is 0.396. The Bertz CT molecular complexity index is 331. The van der Waals surface area contributed by atoms with Crippen LogP contribution < -0.4 is 11.5 Å². The number of amides is 1. The third kappa shape index (κ3) is 5.24. The second-order valence-corrected chi connectivity index (χ2v) is 7.18. The van der Waals surface area contributed by atoms with Gasteiger partial charge in [-0.15, -0.1) is 0 Å². The molecule has 0 bridgehead atoms. The SMILES string of the molecule is CC(N)(CCCN1CCC(CN2CCCC2)CC1)C(N)=O. The maximum atomic E-state index is 11.2. The standard InChI is InChI=1S/C16H32N4O/c1-16(18,15(17)21)7-4-10-19-11-5-14(6-12-19)13-20-8-2-3-9-20/h14H,2-13,18H2,1H3,(H2,17,21). The van der Waals surface area contributed by atoms with Crippen molar-refractivity contribution in [2.45, 2.75) is 51.0 Å². The van der Waals surface area contributed by atoms with Gasteiger partial charge in [0.15, 0.2) is 0 Å². The van der Waals surface area contributed by atoms with E-state index in [1.807, 2.05) is 0 Å². The van der Waals surface area contributed by atoms with Crippen LogP contribution in [0.1, 0.15) is 45.4 Å². The Hall–Kier alpha value is -0.650. The van der Waals surface area contributed by atoms with E-state index in [0.717, 1.165) is 18.9 Å². The van der Waals surface area contributed by atoms with Crippen LogP contribution in [0.15, 0.2) is 0 Å². The highest BCUT2D eigenvalue weighted by Crippen LogP contribution is 2.21. The number of rotatable bonds is 7. The van der Waals surface area contributed by atoms with Crippen molar-refractivity contribution in [2.75, 3.05) is 39.3 Å². The number of nitrogens with two attached hydrogens (primary N) is 2. The largest absolute Gasteiger partial charge is 0.368 e. The number of nitrogens with zero attached hydrogens (tertiary/aromatic N) is 2. The van der Waals surface area contributed by atoms with Gasteiger partial charge in [-0.05, 0) is 84.1 Å². The average molecular weight is 296 g/mol. The first kappa shape index (κ1) is 16.7. The van der Waals surface area contributed by atoms with Gasteiger partial charge in [-0.3, -0.25) is 4.79 Å². The van der Waals surface area contributed by atoms with E-state index >= 15 is 0 Å². The highest BCUT2D eigenvalue weighted by molar-refractivity contribution is 5.83. The van der Waals surface area contributed by atoms with Crippen molar-refractivity contribution in [1.82, 2.24) is 9.80 Å². The monoisotopic (exact) mass is 296 g/mol. The van der Waals surface area contributed by atoms with Crippen LogP contribution in [0.3, 0.4) is 0 Å². The summed E-state index contributed by atoms with van der Waals surface area (Å²) in [6.07, 6.45) is 7.02. The number of piperidine rings is 1. The van der Waals surface area contributed by atoms with Crippen molar-refractivity contribution in [3.8, 4) is 0 Å². The fourth-order valence-corrected chi connectivity index (χ4v) is 3.52. The molecule has 2 aliphatic rings. The Morgan fingerprint density at radius 3 is 2.33 bits per heavy atom. The quantitative estimate of drug-likeness (QED) is 0.728. The Labute approximate surface area is 129 Å². The van der Waals surface area contributed by atoms with E-state index in [4.69, 9.17) is 11.5 Å². The van der Waals surface area contributed by atoms with Crippen LogP contribution in [0.2, 0.25) is 0 Å². The van der Waals surface area contributed by atoms with Gasteiger partial charge in [-0.25, -0.2) is 0 Å². The number of carbonyl (C=O) groups excluding carboxylic acids is 1. The molecule has 1 unspecified atom stereocenters. The third-order valence-corrected chi connectivity index (χ3v) is 5.16. The zero-order chi connectivity index (χ0) is 15.3. The zero-order valence-corrected chi connectivity index (χ0v) is 13.5. The van der Waals surface area contributed by atoms with Crippen molar-refractivity contribution >= 4 is 5.91 Å². The van der Waals surface area contributed by atoms with E-state index in [0.29, 0.717) is 6.42 Å². The van der Waals surface area contributed by atoms with Gasteiger partial charge in [0.2, 0.25) is 5.91 Å². The Kier molecular flexibility index (Phi) is 6.02. The van der Waals surface area contributed by atoms with E-state index in [1.165, 1.54) is 58.4 Å². The minimum atomic E-state index is -0.853. The van der Waals surface area contributed by atoms with Crippen LogP contribution in [-0.4, -0.2) is 60.5 Å². The summed E-state index contributed by atoms with van der Waals surface area (Å²) in [4.78, 5) is 16.3. The molecule has 0 aromatic heterocycles. The predicted molar refractivity (Wildman–Crippen MR) is 85.9 cm³/mol. The van der Waals surface area contributed by atoms with Crippen molar-refractivity contribution in [3.05, 3.63) is 0 Å². The molecule has 2 fully saturated rings. The molecule has 2 heterocycles.